The van der Waals surface area contributed by atoms with E-state index in [-0.39, 0.29) is 23.7 Å². The zero-order valence-electron chi connectivity index (χ0n) is 11.8. The van der Waals surface area contributed by atoms with Gasteiger partial charge in [-0.15, -0.1) is 0 Å². The third-order valence-electron chi connectivity index (χ3n) is 3.80. The van der Waals surface area contributed by atoms with Gasteiger partial charge in [0, 0.05) is 18.7 Å². The van der Waals surface area contributed by atoms with E-state index in [0.29, 0.717) is 19.4 Å². The number of rotatable bonds is 3. The quantitative estimate of drug-likeness (QED) is 0.871. The third kappa shape index (κ3) is 3.90. The summed E-state index contributed by atoms with van der Waals surface area (Å²) in [5.41, 5.74) is 0.748. The van der Waals surface area contributed by atoms with E-state index in [0.717, 1.165) is 5.56 Å². The Bertz CT molecular complexity index is 553. The van der Waals surface area contributed by atoms with Crippen molar-refractivity contribution in [3.63, 3.8) is 0 Å². The number of carboxylic acid groups (broad SMARTS) is 1. The number of carbonyl (C=O) groups is 2. The van der Waals surface area contributed by atoms with Gasteiger partial charge in [-0.25, -0.2) is 4.39 Å². The molecule has 1 aliphatic heterocycles. The van der Waals surface area contributed by atoms with Gasteiger partial charge in [0.15, 0.2) is 0 Å². The first kappa shape index (κ1) is 15.2. The lowest BCUT2D eigenvalue weighted by atomic mass is 9.91. The van der Waals surface area contributed by atoms with Gasteiger partial charge in [0.2, 0.25) is 5.91 Å². The molecule has 1 aromatic rings. The lowest BCUT2D eigenvalue weighted by Gasteiger charge is -2.35. The molecule has 1 fully saturated rings. The summed E-state index contributed by atoms with van der Waals surface area (Å²) < 4.78 is 12.8. The average molecular weight is 291 g/mol. The van der Waals surface area contributed by atoms with Crippen molar-refractivity contribution < 1.29 is 19.1 Å². The second-order valence-electron chi connectivity index (χ2n) is 5.33. The van der Waals surface area contributed by atoms with E-state index in [2.05, 4.69) is 0 Å². The highest BCUT2D eigenvalue weighted by atomic mass is 19.1. The van der Waals surface area contributed by atoms with E-state index < -0.39 is 5.97 Å². The number of hydrogen-bond acceptors (Lipinski definition) is 2. The maximum atomic E-state index is 12.8. The number of halogens is 1. The minimum absolute atomic E-state index is 0.0924. The lowest BCUT2D eigenvalue weighted by molar-refractivity contribution is -0.146. The molecule has 21 heavy (non-hydrogen) atoms. The lowest BCUT2D eigenvalue weighted by Crippen LogP contribution is -2.45. The summed E-state index contributed by atoms with van der Waals surface area (Å²) in [6.45, 7) is 2.31. The summed E-state index contributed by atoms with van der Waals surface area (Å²) in [5.74, 6) is -1.63. The van der Waals surface area contributed by atoms with Crippen LogP contribution in [0.5, 0.6) is 0 Å². The average Bonchev–Trinajstić information content (AvgIpc) is 2.46. The summed E-state index contributed by atoms with van der Waals surface area (Å²) in [7, 11) is 0. The summed E-state index contributed by atoms with van der Waals surface area (Å²) in [5, 5.41) is 9.01. The first-order chi connectivity index (χ1) is 9.97. The third-order valence-corrected chi connectivity index (χ3v) is 3.80. The van der Waals surface area contributed by atoms with Gasteiger partial charge in [-0.1, -0.05) is 12.1 Å². The molecular weight excluding hydrogens is 273 g/mol. The first-order valence-electron chi connectivity index (χ1n) is 6.94. The Morgan fingerprint density at radius 3 is 2.57 bits per heavy atom. The molecule has 0 bridgehead atoms. The van der Waals surface area contributed by atoms with Gasteiger partial charge >= 0.3 is 5.97 Å². The molecule has 1 heterocycles. The van der Waals surface area contributed by atoms with Crippen molar-refractivity contribution in [1.82, 2.24) is 4.90 Å². The largest absolute Gasteiger partial charge is 0.481 e. The molecule has 1 aliphatic rings. The fraction of sp³-hybridized carbons (Fsp3) is 0.375. The van der Waals surface area contributed by atoms with Gasteiger partial charge in [0.1, 0.15) is 5.82 Å². The van der Waals surface area contributed by atoms with Crippen molar-refractivity contribution in [3.8, 4) is 0 Å². The van der Waals surface area contributed by atoms with Gasteiger partial charge in [-0.2, -0.15) is 0 Å². The minimum atomic E-state index is -0.796. The summed E-state index contributed by atoms with van der Waals surface area (Å²) >= 11 is 0. The van der Waals surface area contributed by atoms with Gasteiger partial charge in [-0.3, -0.25) is 9.59 Å². The fourth-order valence-corrected chi connectivity index (χ4v) is 2.56. The molecule has 2 unspecified atom stereocenters. The van der Waals surface area contributed by atoms with Crippen LogP contribution >= 0.6 is 0 Å². The monoisotopic (exact) mass is 291 g/mol. The molecule has 0 aliphatic carbocycles. The van der Waals surface area contributed by atoms with Gasteiger partial charge < -0.3 is 10.0 Å². The Balaban J connectivity index is 1.97. The number of carbonyl (C=O) groups excluding carboxylic acids is 1. The number of piperidine rings is 1. The van der Waals surface area contributed by atoms with Crippen LogP contribution in [0.15, 0.2) is 30.3 Å². The Morgan fingerprint density at radius 1 is 1.33 bits per heavy atom. The van der Waals surface area contributed by atoms with Gasteiger partial charge in [0.25, 0.3) is 0 Å². The van der Waals surface area contributed by atoms with Crippen LogP contribution in [0.4, 0.5) is 4.39 Å². The molecule has 4 nitrogen and oxygen atoms in total. The van der Waals surface area contributed by atoms with E-state index in [1.165, 1.54) is 18.2 Å². The molecule has 0 radical (unpaired) electrons. The second kappa shape index (κ2) is 6.52. The van der Waals surface area contributed by atoms with Crippen LogP contribution in [-0.4, -0.2) is 34.5 Å². The maximum Gasteiger partial charge on any atom is 0.306 e. The summed E-state index contributed by atoms with van der Waals surface area (Å²) in [6.07, 6.45) is 4.05. The molecule has 112 valence electrons. The van der Waals surface area contributed by atoms with Crippen molar-refractivity contribution in [2.75, 3.05) is 6.54 Å². The number of hydrogen-bond donors (Lipinski definition) is 1. The molecular formula is C16H18FNO3. The van der Waals surface area contributed by atoms with Crippen molar-refractivity contribution in [2.45, 2.75) is 25.8 Å². The van der Waals surface area contributed by atoms with Crippen LogP contribution < -0.4 is 0 Å². The molecule has 2 atom stereocenters. The van der Waals surface area contributed by atoms with E-state index in [4.69, 9.17) is 5.11 Å². The molecule has 0 spiro atoms. The van der Waals surface area contributed by atoms with E-state index in [9.17, 15) is 14.0 Å². The van der Waals surface area contributed by atoms with Gasteiger partial charge in [-0.05, 0) is 43.5 Å². The zero-order valence-corrected chi connectivity index (χ0v) is 11.8. The standard InChI is InChI=1S/C16H18FNO3/c1-11-10-13(16(20)21)8-9-18(11)15(19)7-4-12-2-5-14(17)6-3-12/h2-7,11,13H,8-10H2,1H3,(H,20,21)/b7-4+. The Labute approximate surface area is 122 Å². The van der Waals surface area contributed by atoms with Gasteiger partial charge in [0.05, 0.1) is 5.92 Å². The van der Waals surface area contributed by atoms with Crippen molar-refractivity contribution in [1.29, 1.82) is 0 Å². The molecule has 0 aromatic heterocycles. The normalized spacial score (nSPS) is 22.5. The highest BCUT2D eigenvalue weighted by molar-refractivity contribution is 5.92. The molecule has 0 saturated carbocycles. The molecule has 2 rings (SSSR count). The highest BCUT2D eigenvalue weighted by Gasteiger charge is 2.31. The van der Waals surface area contributed by atoms with Crippen molar-refractivity contribution in [2.24, 2.45) is 5.92 Å². The van der Waals surface area contributed by atoms with Crippen LogP contribution in [-0.2, 0) is 9.59 Å². The predicted octanol–water partition coefficient (Wildman–Crippen LogP) is 2.55. The van der Waals surface area contributed by atoms with Crippen LogP contribution in [0.2, 0.25) is 0 Å². The minimum Gasteiger partial charge on any atom is -0.481 e. The maximum absolute atomic E-state index is 12.8. The van der Waals surface area contributed by atoms with E-state index >= 15 is 0 Å². The summed E-state index contributed by atoms with van der Waals surface area (Å²) in [4.78, 5) is 24.8. The second-order valence-corrected chi connectivity index (χ2v) is 5.33. The van der Waals surface area contributed by atoms with Crippen LogP contribution in [0.25, 0.3) is 6.08 Å². The SMILES string of the molecule is CC1CC(C(=O)O)CCN1C(=O)/C=C/c1ccc(F)cc1. The van der Waals surface area contributed by atoms with Crippen molar-refractivity contribution in [3.05, 3.63) is 41.7 Å². The molecule has 1 N–H and O–H groups in total. The first-order valence-corrected chi connectivity index (χ1v) is 6.94. The Hall–Kier alpha value is -2.17. The number of amides is 1. The van der Waals surface area contributed by atoms with Crippen LogP contribution in [0.3, 0.4) is 0 Å². The van der Waals surface area contributed by atoms with Crippen LogP contribution in [0, 0.1) is 11.7 Å². The Morgan fingerprint density at radius 2 is 2.00 bits per heavy atom. The van der Waals surface area contributed by atoms with E-state index in [1.807, 2.05) is 6.92 Å². The fourth-order valence-electron chi connectivity index (χ4n) is 2.56. The number of likely N-dealkylation sites (tertiary alicyclic amines) is 1. The molecule has 1 aromatic carbocycles. The number of carboxylic acids is 1. The van der Waals surface area contributed by atoms with Crippen LogP contribution in [0.1, 0.15) is 25.3 Å². The van der Waals surface area contributed by atoms with Crippen molar-refractivity contribution >= 4 is 18.0 Å². The highest BCUT2D eigenvalue weighted by Crippen LogP contribution is 2.23. The topological polar surface area (TPSA) is 57.6 Å². The predicted molar refractivity (Wildman–Crippen MR) is 77.0 cm³/mol. The smallest absolute Gasteiger partial charge is 0.306 e. The summed E-state index contributed by atoms with van der Waals surface area (Å²) in [6, 6.07) is 5.78. The van der Waals surface area contributed by atoms with E-state index in [1.54, 1.807) is 23.1 Å². The number of aliphatic carboxylic acids is 1. The zero-order chi connectivity index (χ0) is 15.4. The molecule has 1 saturated heterocycles. The number of benzene rings is 1. The number of nitrogens with zero attached hydrogens (tertiary/aromatic N) is 1. The molecule has 1 amide bonds. The molecule has 5 heteroatoms. The Kier molecular flexibility index (Phi) is 4.73.